The fraction of sp³-hybridized carbons (Fsp3) is 0.467. The van der Waals surface area contributed by atoms with Gasteiger partial charge in [0.2, 0.25) is 5.89 Å². The third-order valence-corrected chi connectivity index (χ3v) is 3.89. The molecule has 1 saturated carbocycles. The molecule has 1 aliphatic carbocycles. The largest absolute Gasteiger partial charge is 0.399 e. The van der Waals surface area contributed by atoms with Crippen molar-refractivity contribution in [2.75, 3.05) is 5.73 Å². The van der Waals surface area contributed by atoms with E-state index in [0.29, 0.717) is 11.3 Å². The van der Waals surface area contributed by atoms with E-state index in [4.69, 9.17) is 10.3 Å². The van der Waals surface area contributed by atoms with E-state index < -0.39 is 0 Å². The lowest BCUT2D eigenvalue weighted by Gasteiger charge is -1.99. The fourth-order valence-electron chi connectivity index (χ4n) is 2.42. The highest BCUT2D eigenvalue weighted by molar-refractivity contribution is 5.40. The number of nitrogens with two attached hydrogens (primary N) is 1. The molecule has 19 heavy (non-hydrogen) atoms. The van der Waals surface area contributed by atoms with Crippen LogP contribution in [0.2, 0.25) is 0 Å². The van der Waals surface area contributed by atoms with Gasteiger partial charge < -0.3 is 10.3 Å². The minimum atomic E-state index is 0.342. The lowest BCUT2D eigenvalue weighted by Crippen LogP contribution is -1.95. The molecule has 4 nitrogen and oxygen atoms in total. The number of hydrogen-bond acceptors (Lipinski definition) is 4. The van der Waals surface area contributed by atoms with Crippen LogP contribution in [-0.4, -0.2) is 10.1 Å². The summed E-state index contributed by atoms with van der Waals surface area (Å²) < 4.78 is 5.32. The highest BCUT2D eigenvalue weighted by atomic mass is 16.5. The van der Waals surface area contributed by atoms with Crippen LogP contribution in [0.1, 0.15) is 43.5 Å². The molecule has 1 heterocycles. The molecule has 0 bridgehead atoms. The van der Waals surface area contributed by atoms with Gasteiger partial charge in [-0.2, -0.15) is 4.98 Å². The van der Waals surface area contributed by atoms with Crippen LogP contribution < -0.4 is 5.73 Å². The lowest BCUT2D eigenvalue weighted by atomic mass is 10.1. The number of nitrogen functional groups attached to an aromatic ring is 1. The van der Waals surface area contributed by atoms with Crippen molar-refractivity contribution in [2.45, 2.75) is 39.0 Å². The molecule has 0 aliphatic heterocycles. The quantitative estimate of drug-likeness (QED) is 0.855. The fourth-order valence-corrected chi connectivity index (χ4v) is 2.42. The first-order valence-corrected chi connectivity index (χ1v) is 6.71. The Hall–Kier alpha value is -1.84. The number of aromatic nitrogens is 2. The van der Waals surface area contributed by atoms with Crippen molar-refractivity contribution in [3.63, 3.8) is 0 Å². The van der Waals surface area contributed by atoms with Gasteiger partial charge in [-0.1, -0.05) is 31.1 Å². The van der Waals surface area contributed by atoms with Crippen molar-refractivity contribution in [1.82, 2.24) is 10.1 Å². The molecule has 1 unspecified atom stereocenters. The van der Waals surface area contributed by atoms with Crippen molar-refractivity contribution in [1.29, 1.82) is 0 Å². The topological polar surface area (TPSA) is 64.9 Å². The molecule has 0 radical (unpaired) electrons. The molecule has 0 amide bonds. The van der Waals surface area contributed by atoms with Gasteiger partial charge >= 0.3 is 0 Å². The van der Waals surface area contributed by atoms with Crippen molar-refractivity contribution >= 4 is 5.69 Å². The van der Waals surface area contributed by atoms with Gasteiger partial charge in [0.15, 0.2) is 5.82 Å². The van der Waals surface area contributed by atoms with Gasteiger partial charge in [-0.25, -0.2) is 0 Å². The molecule has 100 valence electrons. The third kappa shape index (κ3) is 2.62. The van der Waals surface area contributed by atoms with Gasteiger partial charge in [0.05, 0.1) is 0 Å². The van der Waals surface area contributed by atoms with E-state index in [2.05, 4.69) is 30.1 Å². The average molecular weight is 257 g/mol. The molecule has 2 N–H and O–H groups in total. The maximum absolute atomic E-state index is 5.76. The smallest absolute Gasteiger partial charge is 0.226 e. The Morgan fingerprint density at radius 2 is 2.16 bits per heavy atom. The standard InChI is InChI=1S/C15H19N3O/c1-15(2)9-12(15)14-17-13(19-18-14)7-6-10-4-3-5-11(16)8-10/h3-5,8,12H,6-7,9,16H2,1-2H3. The number of hydrogen-bond donors (Lipinski definition) is 1. The van der Waals surface area contributed by atoms with Crippen molar-refractivity contribution in [3.8, 4) is 0 Å². The second-order valence-corrected chi connectivity index (χ2v) is 6.04. The summed E-state index contributed by atoms with van der Waals surface area (Å²) in [7, 11) is 0. The molecular formula is C15H19N3O. The zero-order valence-corrected chi connectivity index (χ0v) is 11.4. The van der Waals surface area contributed by atoms with E-state index in [9.17, 15) is 0 Å². The molecular weight excluding hydrogens is 238 g/mol. The minimum Gasteiger partial charge on any atom is -0.399 e. The Kier molecular flexibility index (Phi) is 2.81. The Bertz CT molecular complexity index is 589. The van der Waals surface area contributed by atoms with Crippen LogP contribution in [-0.2, 0) is 12.8 Å². The molecule has 1 aromatic carbocycles. The van der Waals surface area contributed by atoms with E-state index in [0.717, 1.165) is 36.7 Å². The Balaban J connectivity index is 1.62. The van der Waals surface area contributed by atoms with E-state index >= 15 is 0 Å². The van der Waals surface area contributed by atoms with Crippen LogP contribution in [0.3, 0.4) is 0 Å². The number of rotatable bonds is 4. The van der Waals surface area contributed by atoms with Crippen LogP contribution in [0, 0.1) is 5.41 Å². The van der Waals surface area contributed by atoms with E-state index in [1.807, 2.05) is 18.2 Å². The van der Waals surface area contributed by atoms with Gasteiger partial charge in [0, 0.05) is 18.0 Å². The number of nitrogens with zero attached hydrogens (tertiary/aromatic N) is 2. The first-order chi connectivity index (χ1) is 9.04. The van der Waals surface area contributed by atoms with Crippen LogP contribution >= 0.6 is 0 Å². The normalized spacial score (nSPS) is 20.4. The van der Waals surface area contributed by atoms with E-state index in [1.54, 1.807) is 0 Å². The summed E-state index contributed by atoms with van der Waals surface area (Å²) in [4.78, 5) is 4.50. The molecule has 0 saturated heterocycles. The summed E-state index contributed by atoms with van der Waals surface area (Å²) in [6.07, 6.45) is 2.80. The highest BCUT2D eigenvalue weighted by Gasteiger charge is 2.49. The summed E-state index contributed by atoms with van der Waals surface area (Å²) in [5, 5.41) is 4.09. The SMILES string of the molecule is CC1(C)CC1c1noc(CCc2cccc(N)c2)n1. The number of benzene rings is 1. The highest BCUT2D eigenvalue weighted by Crippen LogP contribution is 2.57. The third-order valence-electron chi connectivity index (χ3n) is 3.89. The average Bonchev–Trinajstić information content (AvgIpc) is 2.81. The maximum Gasteiger partial charge on any atom is 0.226 e. The van der Waals surface area contributed by atoms with E-state index in [1.165, 1.54) is 5.56 Å². The summed E-state index contributed by atoms with van der Waals surface area (Å²) >= 11 is 0. The Morgan fingerprint density at radius 1 is 1.37 bits per heavy atom. The zero-order valence-electron chi connectivity index (χ0n) is 11.4. The second-order valence-electron chi connectivity index (χ2n) is 6.04. The molecule has 3 rings (SSSR count). The van der Waals surface area contributed by atoms with Crippen molar-refractivity contribution in [3.05, 3.63) is 41.5 Å². The molecule has 1 atom stereocenters. The first kappa shape index (κ1) is 12.2. The van der Waals surface area contributed by atoms with Gasteiger partial charge in [-0.3, -0.25) is 0 Å². The summed E-state index contributed by atoms with van der Waals surface area (Å²) in [5.41, 5.74) is 8.10. The Morgan fingerprint density at radius 3 is 2.84 bits per heavy atom. The van der Waals surface area contributed by atoms with Gasteiger partial charge in [0.1, 0.15) is 0 Å². The maximum atomic E-state index is 5.76. The van der Waals surface area contributed by atoms with Crippen LogP contribution in [0.5, 0.6) is 0 Å². The predicted molar refractivity (Wildman–Crippen MR) is 73.7 cm³/mol. The summed E-state index contributed by atoms with van der Waals surface area (Å²) in [5.74, 6) is 2.06. The molecule has 4 heteroatoms. The lowest BCUT2D eigenvalue weighted by molar-refractivity contribution is 0.371. The molecule has 0 spiro atoms. The minimum absolute atomic E-state index is 0.342. The Labute approximate surface area is 113 Å². The summed E-state index contributed by atoms with van der Waals surface area (Å²) in [6, 6.07) is 7.92. The van der Waals surface area contributed by atoms with Crippen LogP contribution in [0.15, 0.2) is 28.8 Å². The van der Waals surface area contributed by atoms with Gasteiger partial charge in [-0.05, 0) is 36.0 Å². The van der Waals surface area contributed by atoms with Crippen molar-refractivity contribution < 1.29 is 4.52 Å². The van der Waals surface area contributed by atoms with Crippen molar-refractivity contribution in [2.24, 2.45) is 5.41 Å². The summed E-state index contributed by atoms with van der Waals surface area (Å²) in [6.45, 7) is 4.47. The molecule has 1 aliphatic rings. The first-order valence-electron chi connectivity index (χ1n) is 6.71. The number of aryl methyl sites for hydroxylation is 2. The van der Waals surface area contributed by atoms with Crippen LogP contribution in [0.25, 0.3) is 0 Å². The molecule has 2 aromatic rings. The van der Waals surface area contributed by atoms with Gasteiger partial charge in [-0.15, -0.1) is 0 Å². The molecule has 1 aromatic heterocycles. The monoisotopic (exact) mass is 257 g/mol. The molecule has 1 fully saturated rings. The van der Waals surface area contributed by atoms with Gasteiger partial charge in [0.25, 0.3) is 0 Å². The van der Waals surface area contributed by atoms with E-state index in [-0.39, 0.29) is 0 Å². The van der Waals surface area contributed by atoms with Crippen LogP contribution in [0.4, 0.5) is 5.69 Å². The zero-order chi connectivity index (χ0) is 13.5. The second kappa shape index (κ2) is 4.37. The predicted octanol–water partition coefficient (Wildman–Crippen LogP) is 2.95. The number of anilines is 1.